The third-order valence-corrected chi connectivity index (χ3v) is 4.07. The van der Waals surface area contributed by atoms with Gasteiger partial charge in [-0.1, -0.05) is 6.42 Å². The fourth-order valence-electron chi connectivity index (χ4n) is 2.77. The number of furan rings is 1. The molecule has 3 rings (SSSR count). The molecule has 2 amide bonds. The van der Waals surface area contributed by atoms with E-state index in [1.165, 1.54) is 19.3 Å². The SMILES string of the molecule is O=C(NCC(c1ccco1)N1CCCCC1)NC1CC1. The summed E-state index contributed by atoms with van der Waals surface area (Å²) in [5, 5.41) is 5.95. The highest BCUT2D eigenvalue weighted by Gasteiger charge is 2.26. The van der Waals surface area contributed by atoms with Crippen LogP contribution >= 0.6 is 0 Å². The molecule has 2 heterocycles. The van der Waals surface area contributed by atoms with Crippen molar-refractivity contribution in [2.75, 3.05) is 19.6 Å². The minimum absolute atomic E-state index is 0.0546. The van der Waals surface area contributed by atoms with Crippen LogP contribution in [-0.2, 0) is 0 Å². The second kappa shape index (κ2) is 6.31. The fourth-order valence-corrected chi connectivity index (χ4v) is 2.77. The van der Waals surface area contributed by atoms with Crippen LogP contribution in [0.25, 0.3) is 0 Å². The quantitative estimate of drug-likeness (QED) is 0.868. The van der Waals surface area contributed by atoms with E-state index in [2.05, 4.69) is 15.5 Å². The third-order valence-electron chi connectivity index (χ3n) is 4.07. The summed E-state index contributed by atoms with van der Waals surface area (Å²) in [6.45, 7) is 2.76. The molecular formula is C15H23N3O2. The van der Waals surface area contributed by atoms with Crippen LogP contribution in [0.5, 0.6) is 0 Å². The minimum atomic E-state index is -0.0546. The normalized spacial score (nSPS) is 21.4. The van der Waals surface area contributed by atoms with Gasteiger partial charge < -0.3 is 15.1 Å². The fraction of sp³-hybridized carbons (Fsp3) is 0.667. The highest BCUT2D eigenvalue weighted by Crippen LogP contribution is 2.24. The summed E-state index contributed by atoms with van der Waals surface area (Å²) in [6, 6.07) is 4.40. The van der Waals surface area contributed by atoms with Gasteiger partial charge in [-0.25, -0.2) is 4.79 Å². The van der Waals surface area contributed by atoms with Gasteiger partial charge >= 0.3 is 6.03 Å². The maximum absolute atomic E-state index is 11.8. The number of nitrogens with zero attached hydrogens (tertiary/aromatic N) is 1. The summed E-state index contributed by atoms with van der Waals surface area (Å²) in [4.78, 5) is 14.2. The van der Waals surface area contributed by atoms with E-state index < -0.39 is 0 Å². The Kier molecular flexibility index (Phi) is 4.25. The molecule has 0 aromatic carbocycles. The molecule has 1 aliphatic heterocycles. The molecule has 1 aromatic heterocycles. The predicted molar refractivity (Wildman–Crippen MR) is 76.4 cm³/mol. The molecule has 1 saturated carbocycles. The Balaban J connectivity index is 1.57. The van der Waals surface area contributed by atoms with Crippen molar-refractivity contribution < 1.29 is 9.21 Å². The Morgan fingerprint density at radius 1 is 1.35 bits per heavy atom. The highest BCUT2D eigenvalue weighted by atomic mass is 16.3. The van der Waals surface area contributed by atoms with Crippen molar-refractivity contribution in [1.29, 1.82) is 0 Å². The van der Waals surface area contributed by atoms with Crippen LogP contribution in [-0.4, -0.2) is 36.6 Å². The summed E-state index contributed by atoms with van der Waals surface area (Å²) in [5.74, 6) is 0.943. The van der Waals surface area contributed by atoms with E-state index in [4.69, 9.17) is 4.42 Å². The van der Waals surface area contributed by atoms with Crippen molar-refractivity contribution in [2.24, 2.45) is 0 Å². The van der Waals surface area contributed by atoms with Gasteiger partial charge in [0.15, 0.2) is 0 Å². The van der Waals surface area contributed by atoms with Crippen LogP contribution < -0.4 is 10.6 Å². The first-order chi connectivity index (χ1) is 9.83. The number of urea groups is 1. The van der Waals surface area contributed by atoms with Crippen LogP contribution in [0.4, 0.5) is 4.79 Å². The van der Waals surface area contributed by atoms with E-state index in [9.17, 15) is 4.79 Å². The van der Waals surface area contributed by atoms with Gasteiger partial charge in [-0.05, 0) is 50.9 Å². The molecule has 5 nitrogen and oxygen atoms in total. The van der Waals surface area contributed by atoms with E-state index in [-0.39, 0.29) is 12.1 Å². The Hall–Kier alpha value is -1.49. The maximum Gasteiger partial charge on any atom is 0.315 e. The van der Waals surface area contributed by atoms with Gasteiger partial charge in [0.1, 0.15) is 5.76 Å². The van der Waals surface area contributed by atoms with E-state index in [1.807, 2.05) is 12.1 Å². The minimum Gasteiger partial charge on any atom is -0.468 e. The summed E-state index contributed by atoms with van der Waals surface area (Å²) < 4.78 is 5.56. The first kappa shape index (κ1) is 13.5. The zero-order valence-corrected chi connectivity index (χ0v) is 11.8. The molecule has 2 fully saturated rings. The van der Waals surface area contributed by atoms with Crippen LogP contribution in [0.2, 0.25) is 0 Å². The van der Waals surface area contributed by atoms with Gasteiger partial charge in [-0.2, -0.15) is 0 Å². The maximum atomic E-state index is 11.8. The topological polar surface area (TPSA) is 57.5 Å². The molecule has 0 bridgehead atoms. The molecule has 1 atom stereocenters. The summed E-state index contributed by atoms with van der Waals surface area (Å²) in [5.41, 5.74) is 0. The van der Waals surface area contributed by atoms with Crippen molar-refractivity contribution in [3.8, 4) is 0 Å². The second-order valence-corrected chi connectivity index (χ2v) is 5.76. The third kappa shape index (κ3) is 3.54. The predicted octanol–water partition coefficient (Wildman–Crippen LogP) is 2.27. The van der Waals surface area contributed by atoms with Crippen LogP contribution in [0.15, 0.2) is 22.8 Å². The second-order valence-electron chi connectivity index (χ2n) is 5.76. The molecule has 1 aromatic rings. The molecular weight excluding hydrogens is 254 g/mol. The molecule has 110 valence electrons. The van der Waals surface area contributed by atoms with Crippen molar-refractivity contribution >= 4 is 6.03 Å². The van der Waals surface area contributed by atoms with Gasteiger partial charge in [0.2, 0.25) is 0 Å². The lowest BCUT2D eigenvalue weighted by Crippen LogP contribution is -2.44. The zero-order chi connectivity index (χ0) is 13.8. The molecule has 2 aliphatic rings. The number of carbonyl (C=O) groups excluding carboxylic acids is 1. The van der Waals surface area contributed by atoms with Crippen LogP contribution in [0, 0.1) is 0 Å². The number of hydrogen-bond donors (Lipinski definition) is 2. The molecule has 1 saturated heterocycles. The highest BCUT2D eigenvalue weighted by molar-refractivity contribution is 5.74. The van der Waals surface area contributed by atoms with E-state index in [1.54, 1.807) is 6.26 Å². The van der Waals surface area contributed by atoms with E-state index in [0.29, 0.717) is 12.6 Å². The molecule has 0 spiro atoms. The molecule has 2 N–H and O–H groups in total. The molecule has 1 unspecified atom stereocenters. The first-order valence-electron chi connectivity index (χ1n) is 7.65. The number of amides is 2. The number of hydrogen-bond acceptors (Lipinski definition) is 3. The Labute approximate surface area is 119 Å². The van der Waals surface area contributed by atoms with E-state index >= 15 is 0 Å². The molecule has 0 radical (unpaired) electrons. The number of carbonyl (C=O) groups is 1. The number of rotatable bonds is 5. The average molecular weight is 277 g/mol. The largest absolute Gasteiger partial charge is 0.468 e. The van der Waals surface area contributed by atoms with Crippen molar-refractivity contribution in [2.45, 2.75) is 44.2 Å². The van der Waals surface area contributed by atoms with Crippen molar-refractivity contribution in [3.05, 3.63) is 24.2 Å². The van der Waals surface area contributed by atoms with Gasteiger partial charge in [-0.15, -0.1) is 0 Å². The Morgan fingerprint density at radius 3 is 2.80 bits per heavy atom. The van der Waals surface area contributed by atoms with Gasteiger partial charge in [0.25, 0.3) is 0 Å². The number of nitrogens with one attached hydrogen (secondary N) is 2. The van der Waals surface area contributed by atoms with Gasteiger partial charge in [0.05, 0.1) is 12.3 Å². The number of likely N-dealkylation sites (tertiary alicyclic amines) is 1. The van der Waals surface area contributed by atoms with Crippen molar-refractivity contribution in [3.63, 3.8) is 0 Å². The first-order valence-corrected chi connectivity index (χ1v) is 7.65. The van der Waals surface area contributed by atoms with E-state index in [0.717, 1.165) is 31.7 Å². The zero-order valence-electron chi connectivity index (χ0n) is 11.8. The summed E-state index contributed by atoms with van der Waals surface area (Å²) in [7, 11) is 0. The average Bonchev–Trinajstić information content (AvgIpc) is 3.12. The smallest absolute Gasteiger partial charge is 0.315 e. The van der Waals surface area contributed by atoms with Crippen LogP contribution in [0.1, 0.15) is 43.9 Å². The van der Waals surface area contributed by atoms with Crippen molar-refractivity contribution in [1.82, 2.24) is 15.5 Å². The lowest BCUT2D eigenvalue weighted by Gasteiger charge is -2.33. The lowest BCUT2D eigenvalue weighted by molar-refractivity contribution is 0.143. The number of piperidine rings is 1. The lowest BCUT2D eigenvalue weighted by atomic mass is 10.1. The molecule has 20 heavy (non-hydrogen) atoms. The van der Waals surface area contributed by atoms with Gasteiger partial charge in [-0.3, -0.25) is 4.90 Å². The van der Waals surface area contributed by atoms with Gasteiger partial charge in [0, 0.05) is 12.6 Å². The molecule has 5 heteroatoms. The molecule has 1 aliphatic carbocycles. The van der Waals surface area contributed by atoms with Crippen LogP contribution in [0.3, 0.4) is 0 Å². The summed E-state index contributed by atoms with van der Waals surface area (Å²) >= 11 is 0. The Bertz CT molecular complexity index is 422. The Morgan fingerprint density at radius 2 is 2.15 bits per heavy atom. The monoisotopic (exact) mass is 277 g/mol. The standard InChI is InChI=1S/C15H23N3O2/c19-15(17-12-6-7-12)16-11-13(14-5-4-10-20-14)18-8-2-1-3-9-18/h4-5,10,12-13H,1-3,6-9,11H2,(H2,16,17,19). The summed E-state index contributed by atoms with van der Waals surface area (Å²) in [6.07, 6.45) is 7.69.